The Kier molecular flexibility index (Phi) is 4.87. The van der Waals surface area contributed by atoms with Crippen LogP contribution in [0, 0.1) is 0 Å². The van der Waals surface area contributed by atoms with Crippen molar-refractivity contribution in [1.82, 2.24) is 10.2 Å². The van der Waals surface area contributed by atoms with Gasteiger partial charge < -0.3 is 9.47 Å². The largest absolute Gasteiger partial charge is 0.454 e. The van der Waals surface area contributed by atoms with Crippen molar-refractivity contribution in [2.45, 2.75) is 0 Å². The molecule has 0 saturated heterocycles. The quantitative estimate of drug-likeness (QED) is 0.824. The molecular weight excluding hydrogens is 314 g/mol. The van der Waals surface area contributed by atoms with Gasteiger partial charge in [0.25, 0.3) is 5.91 Å². The Morgan fingerprint density at radius 2 is 2.26 bits per heavy atom. The van der Waals surface area contributed by atoms with Gasteiger partial charge in [0.2, 0.25) is 6.79 Å². The van der Waals surface area contributed by atoms with Crippen LogP contribution in [0.4, 0.5) is 5.82 Å². The van der Waals surface area contributed by atoms with E-state index in [-0.39, 0.29) is 12.7 Å². The molecule has 0 bridgehead atoms. The summed E-state index contributed by atoms with van der Waals surface area (Å²) in [7, 11) is 0. The fourth-order valence-corrected chi connectivity index (χ4v) is 2.56. The Morgan fingerprint density at radius 1 is 1.39 bits per heavy atom. The Morgan fingerprint density at radius 3 is 3.04 bits per heavy atom. The zero-order valence-corrected chi connectivity index (χ0v) is 13.5. The maximum atomic E-state index is 12.5. The Hall–Kier alpha value is -2.41. The number of carbonyl (C=O) groups is 1. The number of anilines is 1. The lowest BCUT2D eigenvalue weighted by atomic mass is 10.2. The number of thioether (sulfide) groups is 1. The fraction of sp³-hybridized carbons (Fsp3) is 0.250. The molecule has 0 atom stereocenters. The second-order valence-electron chi connectivity index (χ2n) is 4.86. The summed E-state index contributed by atoms with van der Waals surface area (Å²) in [6.07, 6.45) is 7.03. The number of benzene rings is 1. The number of nitrogens with zero attached hydrogens (tertiary/aromatic N) is 2. The molecule has 23 heavy (non-hydrogen) atoms. The maximum Gasteiger partial charge on any atom is 0.252 e. The van der Waals surface area contributed by atoms with Gasteiger partial charge in [-0.2, -0.15) is 16.9 Å². The predicted molar refractivity (Wildman–Crippen MR) is 90.9 cm³/mol. The second kappa shape index (κ2) is 7.23. The number of fused-ring (bicyclic) bond motifs is 1. The molecule has 0 unspecified atom stereocenters. The minimum absolute atomic E-state index is 0.108. The van der Waals surface area contributed by atoms with E-state index in [4.69, 9.17) is 9.47 Å². The van der Waals surface area contributed by atoms with Crippen molar-refractivity contribution in [1.29, 1.82) is 0 Å². The fourth-order valence-electron chi connectivity index (χ4n) is 2.20. The third-order valence-electron chi connectivity index (χ3n) is 3.36. The summed E-state index contributed by atoms with van der Waals surface area (Å²) < 4.78 is 10.6. The van der Waals surface area contributed by atoms with Crippen molar-refractivity contribution in [2.75, 3.05) is 30.2 Å². The lowest BCUT2D eigenvalue weighted by Crippen LogP contribution is -2.31. The molecule has 1 aliphatic heterocycles. The molecule has 0 radical (unpaired) electrons. The van der Waals surface area contributed by atoms with Crippen molar-refractivity contribution in [3.63, 3.8) is 0 Å². The first-order valence-corrected chi connectivity index (χ1v) is 8.55. The standard InChI is InChI=1S/C16H17N3O3S/c1-23-9-8-19(15-6-7-17-18-15)16(20)5-3-12-2-4-13-14(10-12)22-11-21-13/h2-7,10H,8-9,11H2,1H3,(H,17,18). The molecule has 1 aromatic heterocycles. The van der Waals surface area contributed by atoms with Gasteiger partial charge in [0, 0.05) is 30.6 Å². The molecule has 1 aromatic carbocycles. The van der Waals surface area contributed by atoms with Crippen LogP contribution in [0.25, 0.3) is 6.08 Å². The SMILES string of the molecule is CSCCN(C(=O)C=Cc1ccc2c(c1)OCO2)c1cc[nH]n1. The smallest absolute Gasteiger partial charge is 0.252 e. The highest BCUT2D eigenvalue weighted by Gasteiger charge is 2.15. The van der Waals surface area contributed by atoms with E-state index in [0.29, 0.717) is 18.1 Å². The first-order chi connectivity index (χ1) is 11.3. The van der Waals surface area contributed by atoms with Gasteiger partial charge in [-0.15, -0.1) is 0 Å². The molecule has 0 aliphatic carbocycles. The first kappa shape index (κ1) is 15.5. The zero-order valence-electron chi connectivity index (χ0n) is 12.7. The van der Waals surface area contributed by atoms with Crippen LogP contribution >= 0.6 is 11.8 Å². The molecule has 3 rings (SSSR count). The van der Waals surface area contributed by atoms with Gasteiger partial charge in [-0.3, -0.25) is 14.8 Å². The van der Waals surface area contributed by atoms with E-state index in [1.54, 1.807) is 41.1 Å². The van der Waals surface area contributed by atoms with Crippen molar-refractivity contribution >= 4 is 29.6 Å². The average Bonchev–Trinajstić information content (AvgIpc) is 3.24. The van der Waals surface area contributed by atoms with Crippen molar-refractivity contribution in [3.8, 4) is 11.5 Å². The lowest BCUT2D eigenvalue weighted by molar-refractivity contribution is -0.114. The number of aromatic nitrogens is 2. The molecule has 120 valence electrons. The Bertz CT molecular complexity index is 701. The number of carbonyl (C=O) groups excluding carboxylic acids is 1. The van der Waals surface area contributed by atoms with Crippen molar-refractivity contribution < 1.29 is 14.3 Å². The average molecular weight is 331 g/mol. The Labute approximate surface area is 138 Å². The van der Waals surface area contributed by atoms with E-state index < -0.39 is 0 Å². The summed E-state index contributed by atoms with van der Waals surface area (Å²) in [4.78, 5) is 14.1. The number of hydrogen-bond donors (Lipinski definition) is 1. The third kappa shape index (κ3) is 3.68. The summed E-state index contributed by atoms with van der Waals surface area (Å²) >= 11 is 1.69. The van der Waals surface area contributed by atoms with Crippen LogP contribution in [0.2, 0.25) is 0 Å². The second-order valence-corrected chi connectivity index (χ2v) is 5.85. The van der Waals surface area contributed by atoms with Crippen LogP contribution < -0.4 is 14.4 Å². The number of rotatable bonds is 6. The highest BCUT2D eigenvalue weighted by Crippen LogP contribution is 2.32. The van der Waals surface area contributed by atoms with Gasteiger partial charge in [0.05, 0.1) is 0 Å². The molecule has 1 N–H and O–H groups in total. The number of ether oxygens (including phenoxy) is 2. The van der Waals surface area contributed by atoms with E-state index in [1.807, 2.05) is 24.5 Å². The van der Waals surface area contributed by atoms with Crippen LogP contribution in [-0.4, -0.2) is 41.5 Å². The molecule has 1 aliphatic rings. The molecular formula is C16H17N3O3S. The summed E-state index contributed by atoms with van der Waals surface area (Å²) in [5.74, 6) is 2.79. The molecule has 6 nitrogen and oxygen atoms in total. The number of hydrogen-bond acceptors (Lipinski definition) is 5. The van der Waals surface area contributed by atoms with Gasteiger partial charge in [0.1, 0.15) is 0 Å². The summed E-state index contributed by atoms with van der Waals surface area (Å²) in [5.41, 5.74) is 0.884. The van der Waals surface area contributed by atoms with E-state index in [1.165, 1.54) is 0 Å². The van der Waals surface area contributed by atoms with E-state index >= 15 is 0 Å². The van der Waals surface area contributed by atoms with Gasteiger partial charge in [0.15, 0.2) is 17.3 Å². The van der Waals surface area contributed by atoms with E-state index in [9.17, 15) is 4.79 Å². The van der Waals surface area contributed by atoms with Crippen LogP contribution in [0.1, 0.15) is 5.56 Å². The monoisotopic (exact) mass is 331 g/mol. The van der Waals surface area contributed by atoms with Crippen molar-refractivity contribution in [3.05, 3.63) is 42.1 Å². The molecule has 0 fully saturated rings. The molecule has 0 spiro atoms. The Balaban J connectivity index is 1.73. The van der Waals surface area contributed by atoms with Gasteiger partial charge in [-0.25, -0.2) is 0 Å². The predicted octanol–water partition coefficient (Wildman–Crippen LogP) is 2.55. The van der Waals surface area contributed by atoms with Crippen molar-refractivity contribution in [2.24, 2.45) is 0 Å². The maximum absolute atomic E-state index is 12.5. The summed E-state index contributed by atoms with van der Waals surface area (Å²) in [6, 6.07) is 7.36. The molecule has 7 heteroatoms. The number of aromatic amines is 1. The minimum atomic E-state index is -0.108. The van der Waals surface area contributed by atoms with Crippen LogP contribution in [0.15, 0.2) is 36.5 Å². The first-order valence-electron chi connectivity index (χ1n) is 7.16. The van der Waals surface area contributed by atoms with Crippen LogP contribution in [0.5, 0.6) is 11.5 Å². The van der Waals surface area contributed by atoms with Gasteiger partial charge in [-0.1, -0.05) is 6.07 Å². The lowest BCUT2D eigenvalue weighted by Gasteiger charge is -2.17. The molecule has 1 amide bonds. The van der Waals surface area contributed by atoms with E-state index in [0.717, 1.165) is 17.1 Å². The molecule has 2 aromatic rings. The van der Waals surface area contributed by atoms with Gasteiger partial charge in [-0.05, 0) is 30.0 Å². The normalized spacial score (nSPS) is 12.7. The summed E-state index contributed by atoms with van der Waals surface area (Å²) in [6.45, 7) is 0.847. The highest BCUT2D eigenvalue weighted by molar-refractivity contribution is 7.98. The number of H-pyrrole nitrogens is 1. The molecule has 0 saturated carbocycles. The number of amides is 1. The van der Waals surface area contributed by atoms with Crippen LogP contribution in [0.3, 0.4) is 0 Å². The third-order valence-corrected chi connectivity index (χ3v) is 3.95. The zero-order chi connectivity index (χ0) is 16.1. The van der Waals surface area contributed by atoms with E-state index in [2.05, 4.69) is 10.2 Å². The summed E-state index contributed by atoms with van der Waals surface area (Å²) in [5, 5.41) is 6.83. The van der Waals surface area contributed by atoms with Gasteiger partial charge >= 0.3 is 0 Å². The highest BCUT2D eigenvalue weighted by atomic mass is 32.2. The minimum Gasteiger partial charge on any atom is -0.454 e. The van der Waals surface area contributed by atoms with Crippen LogP contribution in [-0.2, 0) is 4.79 Å². The number of nitrogens with one attached hydrogen (secondary N) is 1. The topological polar surface area (TPSA) is 67.5 Å². The molecule has 2 heterocycles.